The van der Waals surface area contributed by atoms with Crippen LogP contribution >= 0.6 is 0 Å². The second kappa shape index (κ2) is 5.97. The van der Waals surface area contributed by atoms with E-state index in [1.54, 1.807) is 0 Å². The average molecular weight is 258 g/mol. The molecule has 0 unspecified atom stereocenters. The quantitative estimate of drug-likeness (QED) is 0.896. The number of rotatable bonds is 5. The van der Waals surface area contributed by atoms with Gasteiger partial charge in [-0.1, -0.05) is 13.8 Å². The van der Waals surface area contributed by atoms with Gasteiger partial charge >= 0.3 is 0 Å². The van der Waals surface area contributed by atoms with E-state index < -0.39 is 0 Å². The zero-order valence-corrected chi connectivity index (χ0v) is 12.1. The summed E-state index contributed by atoms with van der Waals surface area (Å²) < 4.78 is 1.93. The van der Waals surface area contributed by atoms with Crippen LogP contribution in [0.1, 0.15) is 30.8 Å². The monoisotopic (exact) mass is 258 g/mol. The maximum absolute atomic E-state index is 4.49. The highest BCUT2D eigenvalue weighted by atomic mass is 15.3. The molecule has 2 aromatic rings. The van der Waals surface area contributed by atoms with Crippen molar-refractivity contribution >= 4 is 0 Å². The third-order valence-corrected chi connectivity index (χ3v) is 2.94. The van der Waals surface area contributed by atoms with Gasteiger partial charge in [0.1, 0.15) is 0 Å². The van der Waals surface area contributed by atoms with Gasteiger partial charge in [0.2, 0.25) is 0 Å². The van der Waals surface area contributed by atoms with Crippen LogP contribution in [0.5, 0.6) is 0 Å². The van der Waals surface area contributed by atoms with E-state index in [0.717, 1.165) is 30.2 Å². The molecule has 4 nitrogen and oxygen atoms in total. The Hall–Kier alpha value is -1.68. The first-order chi connectivity index (χ1) is 9.06. The number of nitrogens with one attached hydrogen (secondary N) is 1. The van der Waals surface area contributed by atoms with Gasteiger partial charge in [0, 0.05) is 30.2 Å². The number of aromatic nitrogens is 3. The summed E-state index contributed by atoms with van der Waals surface area (Å²) in [6.45, 7) is 10.2. The van der Waals surface area contributed by atoms with Crippen molar-refractivity contribution < 1.29 is 0 Å². The van der Waals surface area contributed by atoms with Gasteiger partial charge < -0.3 is 5.32 Å². The van der Waals surface area contributed by atoms with Gasteiger partial charge in [-0.3, -0.25) is 4.98 Å². The molecule has 0 saturated carbocycles. The minimum Gasteiger partial charge on any atom is -0.312 e. The third kappa shape index (κ3) is 3.64. The fraction of sp³-hybridized carbons (Fsp3) is 0.467. The number of pyridine rings is 1. The minimum absolute atomic E-state index is 0.647. The lowest BCUT2D eigenvalue weighted by atomic mass is 10.2. The molecule has 0 aliphatic rings. The molecule has 0 atom stereocenters. The predicted octanol–water partition coefficient (Wildman–Crippen LogP) is 2.63. The highest BCUT2D eigenvalue weighted by Gasteiger charge is 2.07. The van der Waals surface area contributed by atoms with Crippen molar-refractivity contribution in [1.29, 1.82) is 0 Å². The highest BCUT2D eigenvalue weighted by molar-refractivity contribution is 5.40. The number of aryl methyl sites for hydroxylation is 2. The average Bonchev–Trinajstić information content (AvgIpc) is 2.77. The number of hydrogen-bond donors (Lipinski definition) is 1. The molecule has 0 fully saturated rings. The molecule has 2 rings (SSSR count). The maximum Gasteiger partial charge on any atom is 0.0724 e. The molecular formula is C15H22N4. The Kier molecular flexibility index (Phi) is 4.32. The van der Waals surface area contributed by atoms with Gasteiger partial charge in [0.15, 0.2) is 0 Å². The van der Waals surface area contributed by atoms with E-state index >= 15 is 0 Å². The fourth-order valence-corrected chi connectivity index (χ4v) is 1.97. The Morgan fingerprint density at radius 3 is 2.68 bits per heavy atom. The van der Waals surface area contributed by atoms with Crippen molar-refractivity contribution in [3.63, 3.8) is 0 Å². The summed E-state index contributed by atoms with van der Waals surface area (Å²) in [7, 11) is 0. The second-order valence-electron chi connectivity index (χ2n) is 5.38. The molecule has 0 aromatic carbocycles. The van der Waals surface area contributed by atoms with E-state index in [0.29, 0.717) is 5.92 Å². The molecule has 0 saturated heterocycles. The molecule has 0 aliphatic carbocycles. The van der Waals surface area contributed by atoms with Gasteiger partial charge in [0.25, 0.3) is 0 Å². The molecule has 0 amide bonds. The molecule has 2 aromatic heterocycles. The first-order valence-electron chi connectivity index (χ1n) is 6.75. The standard InChI is InChI=1S/C15H22N4/c1-11(2)8-16-9-14-10-17-13(4)7-15(14)19-6-5-12(3)18-19/h5-7,10-11,16H,8-9H2,1-4H3. The summed E-state index contributed by atoms with van der Waals surface area (Å²) in [6, 6.07) is 4.10. The van der Waals surface area contributed by atoms with Crippen LogP contribution in [0.2, 0.25) is 0 Å². The van der Waals surface area contributed by atoms with Crippen molar-refractivity contribution in [3.05, 3.63) is 41.5 Å². The van der Waals surface area contributed by atoms with Crippen molar-refractivity contribution in [1.82, 2.24) is 20.1 Å². The molecule has 0 aliphatic heterocycles. The number of hydrogen-bond acceptors (Lipinski definition) is 3. The predicted molar refractivity (Wildman–Crippen MR) is 77.4 cm³/mol. The smallest absolute Gasteiger partial charge is 0.0724 e. The molecule has 2 heterocycles. The lowest BCUT2D eigenvalue weighted by Gasteiger charge is -2.12. The Bertz CT molecular complexity index is 543. The Labute approximate surface area is 114 Å². The topological polar surface area (TPSA) is 42.7 Å². The minimum atomic E-state index is 0.647. The zero-order chi connectivity index (χ0) is 13.8. The van der Waals surface area contributed by atoms with Gasteiger partial charge in [-0.25, -0.2) is 4.68 Å². The molecule has 0 spiro atoms. The summed E-state index contributed by atoms with van der Waals surface area (Å²) in [4.78, 5) is 4.39. The third-order valence-electron chi connectivity index (χ3n) is 2.94. The number of nitrogens with zero attached hydrogens (tertiary/aromatic N) is 3. The van der Waals surface area contributed by atoms with E-state index in [-0.39, 0.29) is 0 Å². The Morgan fingerprint density at radius 2 is 2.05 bits per heavy atom. The fourth-order valence-electron chi connectivity index (χ4n) is 1.97. The van der Waals surface area contributed by atoms with Gasteiger partial charge in [-0.2, -0.15) is 5.10 Å². The van der Waals surface area contributed by atoms with Crippen LogP contribution in [0, 0.1) is 19.8 Å². The van der Waals surface area contributed by atoms with Crippen molar-refractivity contribution in [3.8, 4) is 5.69 Å². The molecule has 0 bridgehead atoms. The summed E-state index contributed by atoms with van der Waals surface area (Å²) in [5.74, 6) is 0.647. The van der Waals surface area contributed by atoms with Crippen LogP contribution < -0.4 is 5.32 Å². The Morgan fingerprint density at radius 1 is 1.26 bits per heavy atom. The molecule has 1 N–H and O–H groups in total. The van der Waals surface area contributed by atoms with Gasteiger partial charge in [0.05, 0.1) is 11.4 Å². The summed E-state index contributed by atoms with van der Waals surface area (Å²) in [6.07, 6.45) is 3.94. The van der Waals surface area contributed by atoms with E-state index in [1.165, 1.54) is 5.56 Å². The van der Waals surface area contributed by atoms with Crippen LogP contribution in [0.4, 0.5) is 0 Å². The van der Waals surface area contributed by atoms with E-state index in [2.05, 4.69) is 35.3 Å². The van der Waals surface area contributed by atoms with Crippen molar-refractivity contribution in [2.75, 3.05) is 6.54 Å². The van der Waals surface area contributed by atoms with Crippen LogP contribution in [-0.2, 0) is 6.54 Å². The van der Waals surface area contributed by atoms with Crippen LogP contribution in [0.3, 0.4) is 0 Å². The lowest BCUT2D eigenvalue weighted by Crippen LogP contribution is -2.20. The normalized spacial score (nSPS) is 11.2. The van der Waals surface area contributed by atoms with Gasteiger partial charge in [-0.15, -0.1) is 0 Å². The summed E-state index contributed by atoms with van der Waals surface area (Å²) >= 11 is 0. The van der Waals surface area contributed by atoms with Crippen molar-refractivity contribution in [2.24, 2.45) is 5.92 Å². The molecule has 4 heteroatoms. The molecule has 102 valence electrons. The summed E-state index contributed by atoms with van der Waals surface area (Å²) in [5.41, 5.74) is 4.32. The van der Waals surface area contributed by atoms with E-state index in [4.69, 9.17) is 0 Å². The van der Waals surface area contributed by atoms with Crippen molar-refractivity contribution in [2.45, 2.75) is 34.2 Å². The van der Waals surface area contributed by atoms with Crippen LogP contribution in [-0.4, -0.2) is 21.3 Å². The SMILES string of the molecule is Cc1cc(-n2ccc(C)n2)c(CNCC(C)C)cn1. The Balaban J connectivity index is 2.23. The van der Waals surface area contributed by atoms with E-state index in [1.807, 2.05) is 37.0 Å². The molecule has 19 heavy (non-hydrogen) atoms. The summed E-state index contributed by atoms with van der Waals surface area (Å²) in [5, 5.41) is 7.94. The van der Waals surface area contributed by atoms with Crippen LogP contribution in [0.25, 0.3) is 5.69 Å². The maximum atomic E-state index is 4.49. The molecule has 0 radical (unpaired) electrons. The second-order valence-corrected chi connectivity index (χ2v) is 5.38. The highest BCUT2D eigenvalue weighted by Crippen LogP contribution is 2.14. The first-order valence-corrected chi connectivity index (χ1v) is 6.75. The van der Waals surface area contributed by atoms with Crippen LogP contribution in [0.15, 0.2) is 24.5 Å². The largest absolute Gasteiger partial charge is 0.312 e. The lowest BCUT2D eigenvalue weighted by molar-refractivity contribution is 0.550. The van der Waals surface area contributed by atoms with Gasteiger partial charge in [-0.05, 0) is 38.4 Å². The zero-order valence-electron chi connectivity index (χ0n) is 12.1. The molecular weight excluding hydrogens is 236 g/mol. The first kappa shape index (κ1) is 13.7. The van der Waals surface area contributed by atoms with E-state index in [9.17, 15) is 0 Å².